The molecule has 0 aliphatic carbocycles. The molecular formula is C15H24N4O2S. The summed E-state index contributed by atoms with van der Waals surface area (Å²) in [6.07, 6.45) is 2.29. The molecule has 1 aromatic heterocycles. The van der Waals surface area contributed by atoms with Gasteiger partial charge in [0.1, 0.15) is 4.88 Å². The predicted octanol–water partition coefficient (Wildman–Crippen LogP) is 1.82. The second kappa shape index (κ2) is 7.19. The van der Waals surface area contributed by atoms with Gasteiger partial charge in [-0.1, -0.05) is 18.3 Å². The molecule has 22 heavy (non-hydrogen) atoms. The number of amides is 2. The number of nitrogens with one attached hydrogen (secondary N) is 1. The first-order valence-corrected chi connectivity index (χ1v) is 8.39. The Kier molecular flexibility index (Phi) is 5.52. The molecule has 0 atom stereocenters. The van der Waals surface area contributed by atoms with Crippen LogP contribution in [-0.4, -0.2) is 60.3 Å². The van der Waals surface area contributed by atoms with E-state index in [1.165, 1.54) is 16.2 Å². The lowest BCUT2D eigenvalue weighted by atomic mass is 9.99. The highest BCUT2D eigenvalue weighted by molar-refractivity contribution is 7.17. The number of aromatic nitrogens is 1. The van der Waals surface area contributed by atoms with E-state index in [1.54, 1.807) is 21.0 Å². The first-order valence-electron chi connectivity index (χ1n) is 7.58. The molecule has 1 aliphatic heterocycles. The number of carbonyl (C=O) groups excluding carboxylic acids is 2. The van der Waals surface area contributed by atoms with Crippen LogP contribution in [0.15, 0.2) is 0 Å². The molecule has 2 rings (SSSR count). The number of hydrogen-bond acceptors (Lipinski definition) is 5. The average Bonchev–Trinajstić information content (AvgIpc) is 2.80. The van der Waals surface area contributed by atoms with Gasteiger partial charge in [0.05, 0.1) is 12.2 Å². The van der Waals surface area contributed by atoms with Crippen molar-refractivity contribution >= 4 is 28.3 Å². The number of thiazole rings is 1. The zero-order valence-corrected chi connectivity index (χ0v) is 14.5. The molecule has 1 aromatic rings. The summed E-state index contributed by atoms with van der Waals surface area (Å²) in [5, 5.41) is 3.31. The van der Waals surface area contributed by atoms with Crippen LogP contribution in [0.1, 0.15) is 35.1 Å². The zero-order chi connectivity index (χ0) is 16.3. The molecule has 1 N–H and O–H groups in total. The molecular weight excluding hydrogens is 300 g/mol. The van der Waals surface area contributed by atoms with Gasteiger partial charge >= 0.3 is 0 Å². The maximum atomic E-state index is 12.1. The predicted molar refractivity (Wildman–Crippen MR) is 88.3 cm³/mol. The van der Waals surface area contributed by atoms with E-state index in [9.17, 15) is 9.59 Å². The topological polar surface area (TPSA) is 65.5 Å². The fourth-order valence-corrected chi connectivity index (χ4v) is 3.44. The number of anilines is 1. The van der Waals surface area contributed by atoms with Crippen LogP contribution in [0.3, 0.4) is 0 Å². The monoisotopic (exact) mass is 324 g/mol. The number of aryl methyl sites for hydroxylation is 1. The van der Waals surface area contributed by atoms with Crippen LogP contribution in [0, 0.1) is 12.8 Å². The number of hydrogen-bond donors (Lipinski definition) is 1. The first kappa shape index (κ1) is 16.9. The highest BCUT2D eigenvalue weighted by atomic mass is 32.1. The van der Waals surface area contributed by atoms with Crippen molar-refractivity contribution in [2.24, 2.45) is 5.92 Å². The molecule has 2 heterocycles. The van der Waals surface area contributed by atoms with Gasteiger partial charge in [0.15, 0.2) is 5.13 Å². The van der Waals surface area contributed by atoms with E-state index in [4.69, 9.17) is 0 Å². The third-order valence-corrected chi connectivity index (χ3v) is 4.95. The molecule has 7 heteroatoms. The molecule has 1 fully saturated rings. The van der Waals surface area contributed by atoms with Gasteiger partial charge in [0, 0.05) is 14.1 Å². The van der Waals surface area contributed by atoms with Crippen molar-refractivity contribution in [1.82, 2.24) is 14.8 Å². The molecule has 0 bridgehead atoms. The Balaban J connectivity index is 1.92. The third-order valence-electron chi connectivity index (χ3n) is 3.89. The van der Waals surface area contributed by atoms with Gasteiger partial charge in [-0.3, -0.25) is 14.5 Å². The van der Waals surface area contributed by atoms with Crippen molar-refractivity contribution in [2.45, 2.75) is 26.7 Å². The Hall–Kier alpha value is -1.47. The van der Waals surface area contributed by atoms with Gasteiger partial charge in [0.2, 0.25) is 5.91 Å². The Morgan fingerprint density at radius 1 is 1.36 bits per heavy atom. The van der Waals surface area contributed by atoms with E-state index in [0.717, 1.165) is 31.8 Å². The van der Waals surface area contributed by atoms with Gasteiger partial charge in [0.25, 0.3) is 5.91 Å². The summed E-state index contributed by atoms with van der Waals surface area (Å²) in [6.45, 7) is 6.36. The van der Waals surface area contributed by atoms with Crippen LogP contribution in [-0.2, 0) is 4.79 Å². The van der Waals surface area contributed by atoms with Gasteiger partial charge in [-0.2, -0.15) is 0 Å². The quantitative estimate of drug-likeness (QED) is 0.917. The molecule has 0 spiro atoms. The Labute approximate surface area is 135 Å². The standard InChI is InChI=1S/C15H24N4O2S/c1-10-5-7-19(8-6-10)9-12(20)17-15-16-11(2)13(22-15)14(21)18(3)4/h10H,5-9H2,1-4H3,(H,16,17,20). The molecule has 1 aliphatic rings. The maximum Gasteiger partial charge on any atom is 0.265 e. The largest absolute Gasteiger partial charge is 0.344 e. The smallest absolute Gasteiger partial charge is 0.265 e. The van der Waals surface area contributed by atoms with E-state index in [0.29, 0.717) is 22.2 Å². The Bertz CT molecular complexity index is 548. The fraction of sp³-hybridized carbons (Fsp3) is 0.667. The number of nitrogens with zero attached hydrogens (tertiary/aromatic N) is 3. The van der Waals surface area contributed by atoms with E-state index in [-0.39, 0.29) is 11.8 Å². The zero-order valence-electron chi connectivity index (χ0n) is 13.7. The summed E-state index contributed by atoms with van der Waals surface area (Å²) >= 11 is 1.23. The first-order chi connectivity index (χ1) is 10.4. The average molecular weight is 324 g/mol. The van der Waals surface area contributed by atoms with E-state index in [1.807, 2.05) is 0 Å². The lowest BCUT2D eigenvalue weighted by Crippen LogP contribution is -2.38. The van der Waals surface area contributed by atoms with Crippen molar-refractivity contribution in [3.63, 3.8) is 0 Å². The van der Waals surface area contributed by atoms with Crippen LogP contribution in [0.25, 0.3) is 0 Å². The van der Waals surface area contributed by atoms with Gasteiger partial charge in [-0.25, -0.2) is 4.98 Å². The number of carbonyl (C=O) groups is 2. The summed E-state index contributed by atoms with van der Waals surface area (Å²) in [6, 6.07) is 0. The van der Waals surface area contributed by atoms with Crippen molar-refractivity contribution in [1.29, 1.82) is 0 Å². The van der Waals surface area contributed by atoms with Crippen molar-refractivity contribution in [2.75, 3.05) is 39.0 Å². The van der Waals surface area contributed by atoms with Crippen LogP contribution < -0.4 is 5.32 Å². The van der Waals surface area contributed by atoms with Gasteiger partial charge in [-0.15, -0.1) is 0 Å². The minimum absolute atomic E-state index is 0.0628. The molecule has 122 valence electrons. The van der Waals surface area contributed by atoms with Gasteiger partial charge < -0.3 is 10.2 Å². The van der Waals surface area contributed by atoms with E-state index < -0.39 is 0 Å². The number of likely N-dealkylation sites (tertiary alicyclic amines) is 1. The highest BCUT2D eigenvalue weighted by Gasteiger charge is 2.20. The molecule has 2 amide bonds. The maximum absolute atomic E-state index is 12.1. The minimum Gasteiger partial charge on any atom is -0.344 e. The van der Waals surface area contributed by atoms with Crippen LogP contribution in [0.5, 0.6) is 0 Å². The minimum atomic E-state index is -0.0829. The number of rotatable bonds is 4. The summed E-state index contributed by atoms with van der Waals surface area (Å²) in [7, 11) is 3.41. The Morgan fingerprint density at radius 2 is 2.00 bits per heavy atom. The molecule has 1 saturated heterocycles. The normalized spacial score (nSPS) is 16.5. The van der Waals surface area contributed by atoms with E-state index >= 15 is 0 Å². The van der Waals surface area contributed by atoms with Crippen LogP contribution in [0.4, 0.5) is 5.13 Å². The molecule has 0 saturated carbocycles. The highest BCUT2D eigenvalue weighted by Crippen LogP contribution is 2.23. The second-order valence-corrected chi connectivity index (χ2v) is 7.14. The van der Waals surface area contributed by atoms with Gasteiger partial charge in [-0.05, 0) is 38.8 Å². The lowest BCUT2D eigenvalue weighted by molar-refractivity contribution is -0.117. The van der Waals surface area contributed by atoms with Crippen LogP contribution >= 0.6 is 11.3 Å². The van der Waals surface area contributed by atoms with Crippen molar-refractivity contribution < 1.29 is 9.59 Å². The van der Waals surface area contributed by atoms with Crippen LogP contribution in [0.2, 0.25) is 0 Å². The summed E-state index contributed by atoms with van der Waals surface area (Å²) in [4.78, 5) is 32.6. The summed E-state index contributed by atoms with van der Waals surface area (Å²) in [5.74, 6) is 0.605. The number of piperidine rings is 1. The van der Waals surface area contributed by atoms with Crippen molar-refractivity contribution in [3.8, 4) is 0 Å². The molecule has 6 nitrogen and oxygen atoms in total. The second-order valence-electron chi connectivity index (χ2n) is 6.14. The summed E-state index contributed by atoms with van der Waals surface area (Å²) in [5.41, 5.74) is 0.658. The third kappa shape index (κ3) is 4.27. The van der Waals surface area contributed by atoms with E-state index in [2.05, 4.69) is 22.1 Å². The SMILES string of the molecule is Cc1nc(NC(=O)CN2CCC(C)CC2)sc1C(=O)N(C)C. The Morgan fingerprint density at radius 3 is 2.59 bits per heavy atom. The lowest BCUT2D eigenvalue weighted by Gasteiger charge is -2.29. The molecule has 0 radical (unpaired) electrons. The molecule has 0 aromatic carbocycles. The molecule has 0 unspecified atom stereocenters. The summed E-state index contributed by atoms with van der Waals surface area (Å²) < 4.78 is 0. The fourth-order valence-electron chi connectivity index (χ4n) is 2.43. The van der Waals surface area contributed by atoms with Crippen molar-refractivity contribution in [3.05, 3.63) is 10.6 Å².